The van der Waals surface area contributed by atoms with E-state index in [4.69, 9.17) is 0 Å². The van der Waals surface area contributed by atoms with Gasteiger partial charge in [-0.15, -0.1) is 0 Å². The van der Waals surface area contributed by atoms with Crippen molar-refractivity contribution >= 4 is 16.8 Å². The molecular weight excluding hydrogens is 355 g/mol. The second-order valence-electron chi connectivity index (χ2n) is 7.46. The summed E-state index contributed by atoms with van der Waals surface area (Å²) in [6.45, 7) is 6.61. The van der Waals surface area contributed by atoms with Crippen LogP contribution in [0.25, 0.3) is 10.9 Å². The highest BCUT2D eigenvalue weighted by atomic mass is 19.1. The van der Waals surface area contributed by atoms with Crippen molar-refractivity contribution in [2.45, 2.75) is 26.4 Å². The largest absolute Gasteiger partial charge is 0.340 e. The van der Waals surface area contributed by atoms with E-state index in [1.54, 1.807) is 0 Å². The van der Waals surface area contributed by atoms with Crippen molar-refractivity contribution in [3.05, 3.63) is 65.6 Å². The predicted octanol–water partition coefficient (Wildman–Crippen LogP) is 3.22. The Balaban J connectivity index is 1.27. The zero-order valence-electron chi connectivity index (χ0n) is 16.1. The molecule has 4 rings (SSSR count). The number of piperazine rings is 1. The van der Waals surface area contributed by atoms with Gasteiger partial charge in [0.05, 0.1) is 18.3 Å². The fourth-order valence-corrected chi connectivity index (χ4v) is 3.75. The molecular formula is C22H25FN4O. The molecule has 0 bridgehead atoms. The van der Waals surface area contributed by atoms with E-state index in [1.165, 1.54) is 17.7 Å². The normalized spacial score (nSPS) is 15.3. The van der Waals surface area contributed by atoms with Crippen LogP contribution < -0.4 is 0 Å². The third-order valence-corrected chi connectivity index (χ3v) is 5.38. The molecule has 0 N–H and O–H groups in total. The van der Waals surface area contributed by atoms with Crippen LogP contribution in [0, 0.1) is 12.7 Å². The van der Waals surface area contributed by atoms with E-state index in [0.29, 0.717) is 13.0 Å². The van der Waals surface area contributed by atoms with Crippen molar-refractivity contribution in [2.75, 3.05) is 26.2 Å². The summed E-state index contributed by atoms with van der Waals surface area (Å²) in [5.74, 6) is -0.0311. The second kappa shape index (κ2) is 8.10. The Morgan fingerprint density at radius 2 is 1.82 bits per heavy atom. The number of halogens is 1. The maximum atomic E-state index is 13.0. The molecule has 1 aromatic heterocycles. The van der Waals surface area contributed by atoms with Crippen LogP contribution in [0.15, 0.2) is 48.7 Å². The summed E-state index contributed by atoms with van der Waals surface area (Å²) < 4.78 is 14.9. The minimum absolute atomic E-state index is 0.178. The molecule has 1 saturated heterocycles. The van der Waals surface area contributed by atoms with Crippen molar-refractivity contribution in [1.82, 2.24) is 19.6 Å². The van der Waals surface area contributed by atoms with Gasteiger partial charge in [-0.2, -0.15) is 5.10 Å². The average molecular weight is 380 g/mol. The summed E-state index contributed by atoms with van der Waals surface area (Å²) in [5.41, 5.74) is 3.38. The lowest BCUT2D eigenvalue weighted by molar-refractivity contribution is -0.133. The van der Waals surface area contributed by atoms with Crippen LogP contribution in [-0.2, 0) is 17.9 Å². The van der Waals surface area contributed by atoms with Gasteiger partial charge in [-0.3, -0.25) is 14.4 Å². The third-order valence-electron chi connectivity index (χ3n) is 5.38. The average Bonchev–Trinajstić information content (AvgIpc) is 3.10. The second-order valence-corrected chi connectivity index (χ2v) is 7.46. The highest BCUT2D eigenvalue weighted by molar-refractivity contribution is 5.80. The highest BCUT2D eigenvalue weighted by Crippen LogP contribution is 2.16. The van der Waals surface area contributed by atoms with Gasteiger partial charge in [0, 0.05) is 44.5 Å². The summed E-state index contributed by atoms with van der Waals surface area (Å²) in [6.07, 6.45) is 2.32. The number of nitrogens with zero attached hydrogens (tertiary/aromatic N) is 4. The van der Waals surface area contributed by atoms with Crippen LogP contribution in [0.4, 0.5) is 4.39 Å². The molecule has 1 aliphatic heterocycles. The van der Waals surface area contributed by atoms with Gasteiger partial charge in [-0.1, -0.05) is 23.8 Å². The van der Waals surface area contributed by atoms with Crippen molar-refractivity contribution in [1.29, 1.82) is 0 Å². The molecule has 0 aliphatic carbocycles. The summed E-state index contributed by atoms with van der Waals surface area (Å²) in [4.78, 5) is 16.9. The molecule has 1 fully saturated rings. The van der Waals surface area contributed by atoms with Crippen molar-refractivity contribution < 1.29 is 9.18 Å². The van der Waals surface area contributed by atoms with Crippen LogP contribution in [-0.4, -0.2) is 51.7 Å². The molecule has 0 unspecified atom stereocenters. The molecule has 1 amide bonds. The molecule has 0 radical (unpaired) electrons. The Morgan fingerprint density at radius 1 is 1.07 bits per heavy atom. The van der Waals surface area contributed by atoms with Gasteiger partial charge in [0.25, 0.3) is 0 Å². The lowest BCUT2D eigenvalue weighted by Crippen LogP contribution is -2.48. The molecule has 0 spiro atoms. The van der Waals surface area contributed by atoms with Gasteiger partial charge in [-0.05, 0) is 36.8 Å². The number of carbonyl (C=O) groups excluding carboxylic acids is 1. The van der Waals surface area contributed by atoms with Gasteiger partial charge >= 0.3 is 0 Å². The summed E-state index contributed by atoms with van der Waals surface area (Å²) in [6, 6.07) is 12.9. The Hall–Kier alpha value is -2.73. The fourth-order valence-electron chi connectivity index (χ4n) is 3.75. The van der Waals surface area contributed by atoms with Gasteiger partial charge < -0.3 is 4.90 Å². The van der Waals surface area contributed by atoms with Crippen LogP contribution in [0.1, 0.15) is 17.5 Å². The summed E-state index contributed by atoms with van der Waals surface area (Å²) in [5, 5.41) is 5.54. The van der Waals surface area contributed by atoms with Gasteiger partial charge in [0.15, 0.2) is 0 Å². The van der Waals surface area contributed by atoms with Crippen molar-refractivity contribution in [2.24, 2.45) is 0 Å². The molecule has 1 aliphatic rings. The topological polar surface area (TPSA) is 41.4 Å². The summed E-state index contributed by atoms with van der Waals surface area (Å²) >= 11 is 0. The van der Waals surface area contributed by atoms with Crippen LogP contribution >= 0.6 is 0 Å². The van der Waals surface area contributed by atoms with Crippen LogP contribution in [0.5, 0.6) is 0 Å². The van der Waals surface area contributed by atoms with Gasteiger partial charge in [0.1, 0.15) is 5.82 Å². The van der Waals surface area contributed by atoms with Crippen molar-refractivity contribution in [3.63, 3.8) is 0 Å². The van der Waals surface area contributed by atoms with Crippen LogP contribution in [0.2, 0.25) is 0 Å². The first kappa shape index (κ1) is 18.6. The maximum absolute atomic E-state index is 13.0. The van der Waals surface area contributed by atoms with Gasteiger partial charge in [0.2, 0.25) is 5.91 Å². The van der Waals surface area contributed by atoms with E-state index >= 15 is 0 Å². The molecule has 2 aromatic carbocycles. The standard InChI is InChI=1S/C22H25FN4O/c1-17-2-7-21-19(14-17)15-24-27(21)9-8-22(28)26-12-10-25(11-13-26)16-18-3-5-20(23)6-4-18/h2-7,14-15H,8-13,16H2,1H3. The Labute approximate surface area is 164 Å². The molecule has 0 saturated carbocycles. The summed E-state index contributed by atoms with van der Waals surface area (Å²) in [7, 11) is 0. The van der Waals surface area contributed by atoms with Crippen molar-refractivity contribution in [3.8, 4) is 0 Å². The van der Waals surface area contributed by atoms with Gasteiger partial charge in [-0.25, -0.2) is 4.39 Å². The molecule has 2 heterocycles. The monoisotopic (exact) mass is 380 g/mol. The molecule has 0 atom stereocenters. The predicted molar refractivity (Wildman–Crippen MR) is 107 cm³/mol. The number of amides is 1. The number of hydrogen-bond acceptors (Lipinski definition) is 3. The molecule has 3 aromatic rings. The number of rotatable bonds is 5. The SMILES string of the molecule is Cc1ccc2c(cnn2CCC(=O)N2CCN(Cc3ccc(F)cc3)CC2)c1. The maximum Gasteiger partial charge on any atom is 0.224 e. The number of benzene rings is 2. The van der Waals surface area contributed by atoms with E-state index < -0.39 is 0 Å². The number of aryl methyl sites for hydroxylation is 2. The third kappa shape index (κ3) is 4.22. The first-order valence-corrected chi connectivity index (χ1v) is 9.75. The quantitative estimate of drug-likeness (QED) is 0.683. The molecule has 146 valence electrons. The lowest BCUT2D eigenvalue weighted by atomic mass is 10.2. The molecule has 28 heavy (non-hydrogen) atoms. The zero-order chi connectivity index (χ0) is 19.5. The van der Waals surface area contributed by atoms with Crippen LogP contribution in [0.3, 0.4) is 0 Å². The zero-order valence-corrected chi connectivity index (χ0v) is 16.1. The first-order chi connectivity index (χ1) is 13.6. The minimum Gasteiger partial charge on any atom is -0.340 e. The van der Waals surface area contributed by atoms with E-state index in [9.17, 15) is 9.18 Å². The smallest absolute Gasteiger partial charge is 0.224 e. The molecule has 6 heteroatoms. The van der Waals surface area contributed by atoms with E-state index in [2.05, 4.69) is 35.1 Å². The number of hydrogen-bond donors (Lipinski definition) is 0. The van der Waals surface area contributed by atoms with E-state index in [0.717, 1.165) is 49.2 Å². The Kier molecular flexibility index (Phi) is 5.39. The molecule has 5 nitrogen and oxygen atoms in total. The number of carbonyl (C=O) groups is 1. The Morgan fingerprint density at radius 3 is 2.57 bits per heavy atom. The number of fused-ring (bicyclic) bond motifs is 1. The minimum atomic E-state index is -0.209. The Bertz CT molecular complexity index is 958. The first-order valence-electron chi connectivity index (χ1n) is 9.75. The lowest BCUT2D eigenvalue weighted by Gasteiger charge is -2.34. The van der Waals surface area contributed by atoms with E-state index in [1.807, 2.05) is 27.9 Å². The van der Waals surface area contributed by atoms with E-state index in [-0.39, 0.29) is 11.7 Å². The highest BCUT2D eigenvalue weighted by Gasteiger charge is 2.21. The number of aromatic nitrogens is 2. The fraction of sp³-hybridized carbons (Fsp3) is 0.364.